The van der Waals surface area contributed by atoms with Crippen LogP contribution in [0.25, 0.3) is 0 Å². The Hall–Kier alpha value is -3.14. The minimum atomic E-state index is -1.16. The second-order valence-corrected chi connectivity index (χ2v) is 6.98. The van der Waals surface area contributed by atoms with Crippen LogP contribution in [0.3, 0.4) is 0 Å². The molecule has 1 aromatic carbocycles. The van der Waals surface area contributed by atoms with Crippen LogP contribution in [-0.4, -0.2) is 58.6 Å². The molecule has 10 heteroatoms. The number of carboxylic acid groups (broad SMARTS) is 1. The van der Waals surface area contributed by atoms with E-state index in [-0.39, 0.29) is 30.9 Å². The van der Waals surface area contributed by atoms with E-state index in [1.165, 1.54) is 12.1 Å². The summed E-state index contributed by atoms with van der Waals surface area (Å²) in [6.07, 6.45) is 1.14. The summed E-state index contributed by atoms with van der Waals surface area (Å²) in [5.41, 5.74) is 5.95. The van der Waals surface area contributed by atoms with E-state index in [0.29, 0.717) is 18.5 Å². The predicted molar refractivity (Wildman–Crippen MR) is 103 cm³/mol. The van der Waals surface area contributed by atoms with E-state index in [9.17, 15) is 24.3 Å². The molecule has 0 bridgehead atoms. The van der Waals surface area contributed by atoms with Gasteiger partial charge in [-0.25, -0.2) is 0 Å². The van der Waals surface area contributed by atoms with Gasteiger partial charge in [0.15, 0.2) is 0 Å². The Morgan fingerprint density at radius 3 is 2.38 bits per heavy atom. The van der Waals surface area contributed by atoms with Crippen LogP contribution in [0.2, 0.25) is 0 Å². The number of carboxylic acids is 1. The first-order chi connectivity index (χ1) is 13.8. The van der Waals surface area contributed by atoms with Crippen LogP contribution in [0.15, 0.2) is 24.3 Å². The summed E-state index contributed by atoms with van der Waals surface area (Å²) in [6, 6.07) is 3.59. The van der Waals surface area contributed by atoms with Gasteiger partial charge in [0.2, 0.25) is 17.7 Å². The first kappa shape index (κ1) is 22.2. The van der Waals surface area contributed by atoms with Gasteiger partial charge in [-0.05, 0) is 43.5 Å². The quantitative estimate of drug-likeness (QED) is 0.289. The van der Waals surface area contributed by atoms with Crippen molar-refractivity contribution in [2.75, 3.05) is 6.54 Å². The number of primary amides is 1. The average molecular weight is 406 g/mol. The number of benzene rings is 1. The fraction of sp³-hybridized carbons (Fsp3) is 0.474. The average Bonchev–Trinajstić information content (AvgIpc) is 3.20. The van der Waals surface area contributed by atoms with Gasteiger partial charge in [0.25, 0.3) is 0 Å². The van der Waals surface area contributed by atoms with Gasteiger partial charge in [-0.15, -0.1) is 0 Å². The molecular formula is C19H26N4O6. The number of phenolic OH excluding ortho intramolecular Hbond substituents is 1. The molecule has 0 aliphatic carbocycles. The van der Waals surface area contributed by atoms with Gasteiger partial charge < -0.3 is 31.9 Å². The number of aliphatic carboxylic acids is 1. The largest absolute Gasteiger partial charge is 0.508 e. The summed E-state index contributed by atoms with van der Waals surface area (Å²) in [4.78, 5) is 47.6. The van der Waals surface area contributed by atoms with Crippen molar-refractivity contribution in [2.45, 2.75) is 50.2 Å². The Labute approximate surface area is 167 Å². The molecule has 1 saturated heterocycles. The Morgan fingerprint density at radius 2 is 1.83 bits per heavy atom. The third-order valence-electron chi connectivity index (χ3n) is 4.69. The number of rotatable bonds is 10. The second-order valence-electron chi connectivity index (χ2n) is 6.98. The molecule has 3 atom stereocenters. The van der Waals surface area contributed by atoms with Gasteiger partial charge in [-0.3, -0.25) is 19.2 Å². The molecule has 7 N–H and O–H groups in total. The van der Waals surface area contributed by atoms with E-state index in [0.717, 1.165) is 6.42 Å². The molecule has 3 amide bonds. The van der Waals surface area contributed by atoms with Crippen LogP contribution >= 0.6 is 0 Å². The molecular weight excluding hydrogens is 380 g/mol. The van der Waals surface area contributed by atoms with Crippen molar-refractivity contribution in [3.63, 3.8) is 0 Å². The second kappa shape index (κ2) is 10.4. The summed E-state index contributed by atoms with van der Waals surface area (Å²) in [6.45, 7) is 0.714. The Bertz CT molecular complexity index is 746. The van der Waals surface area contributed by atoms with Crippen LogP contribution in [0.5, 0.6) is 5.75 Å². The maximum atomic E-state index is 12.8. The maximum Gasteiger partial charge on any atom is 0.303 e. The van der Waals surface area contributed by atoms with E-state index in [1.807, 2.05) is 0 Å². The van der Waals surface area contributed by atoms with Gasteiger partial charge in [0, 0.05) is 12.8 Å². The summed E-state index contributed by atoms with van der Waals surface area (Å²) >= 11 is 0. The van der Waals surface area contributed by atoms with Crippen molar-refractivity contribution in [3.05, 3.63) is 29.8 Å². The highest BCUT2D eigenvalue weighted by Gasteiger charge is 2.29. The molecule has 0 unspecified atom stereocenters. The third kappa shape index (κ3) is 7.07. The monoisotopic (exact) mass is 406 g/mol. The third-order valence-corrected chi connectivity index (χ3v) is 4.69. The number of nitrogens with one attached hydrogen (secondary N) is 3. The number of phenols is 1. The molecule has 0 aromatic heterocycles. The molecule has 29 heavy (non-hydrogen) atoms. The molecule has 1 aromatic rings. The molecule has 1 fully saturated rings. The number of hydrogen-bond acceptors (Lipinski definition) is 6. The Balaban J connectivity index is 2.11. The molecule has 0 radical (unpaired) electrons. The normalized spacial score (nSPS) is 17.9. The fourth-order valence-corrected chi connectivity index (χ4v) is 3.08. The minimum Gasteiger partial charge on any atom is -0.508 e. The van der Waals surface area contributed by atoms with Crippen LogP contribution in [0, 0.1) is 0 Å². The summed E-state index contributed by atoms with van der Waals surface area (Å²) < 4.78 is 0. The van der Waals surface area contributed by atoms with E-state index in [2.05, 4.69) is 16.0 Å². The van der Waals surface area contributed by atoms with Crippen LogP contribution in [0.1, 0.15) is 31.2 Å². The van der Waals surface area contributed by atoms with Gasteiger partial charge in [-0.2, -0.15) is 0 Å². The van der Waals surface area contributed by atoms with Crippen molar-refractivity contribution in [2.24, 2.45) is 5.73 Å². The number of nitrogens with two attached hydrogens (primary N) is 1. The molecule has 2 rings (SSSR count). The lowest BCUT2D eigenvalue weighted by Gasteiger charge is -2.23. The van der Waals surface area contributed by atoms with Crippen LogP contribution in [0.4, 0.5) is 0 Å². The summed E-state index contributed by atoms with van der Waals surface area (Å²) in [5, 5.41) is 26.4. The maximum absolute atomic E-state index is 12.8. The molecule has 1 heterocycles. The van der Waals surface area contributed by atoms with E-state index >= 15 is 0 Å². The lowest BCUT2D eigenvalue weighted by atomic mass is 10.0. The smallest absolute Gasteiger partial charge is 0.303 e. The van der Waals surface area contributed by atoms with Crippen molar-refractivity contribution in [3.8, 4) is 5.75 Å². The van der Waals surface area contributed by atoms with Gasteiger partial charge in [0.1, 0.15) is 17.8 Å². The van der Waals surface area contributed by atoms with Crippen molar-refractivity contribution >= 4 is 23.7 Å². The van der Waals surface area contributed by atoms with Crippen molar-refractivity contribution in [1.82, 2.24) is 16.0 Å². The summed E-state index contributed by atoms with van der Waals surface area (Å²) in [7, 11) is 0. The zero-order valence-corrected chi connectivity index (χ0v) is 15.9. The highest BCUT2D eigenvalue weighted by atomic mass is 16.4. The van der Waals surface area contributed by atoms with E-state index in [4.69, 9.17) is 10.8 Å². The highest BCUT2D eigenvalue weighted by molar-refractivity contribution is 5.93. The first-order valence-electron chi connectivity index (χ1n) is 9.39. The lowest BCUT2D eigenvalue weighted by molar-refractivity contribution is -0.137. The van der Waals surface area contributed by atoms with E-state index in [1.54, 1.807) is 12.1 Å². The topological polar surface area (TPSA) is 171 Å². The molecule has 0 saturated carbocycles. The molecule has 10 nitrogen and oxygen atoms in total. The molecule has 0 spiro atoms. The first-order valence-corrected chi connectivity index (χ1v) is 9.39. The highest BCUT2D eigenvalue weighted by Crippen LogP contribution is 2.13. The minimum absolute atomic E-state index is 0.0661. The van der Waals surface area contributed by atoms with Crippen LogP contribution < -0.4 is 21.7 Å². The van der Waals surface area contributed by atoms with Gasteiger partial charge >= 0.3 is 5.97 Å². The summed E-state index contributed by atoms with van der Waals surface area (Å²) in [5.74, 6) is -2.88. The fourth-order valence-electron chi connectivity index (χ4n) is 3.08. The SMILES string of the molecule is NC(=O)[C@H](CCC(=O)O)NC(=O)[C@H](Cc1ccc(O)cc1)NC(=O)[C@@H]1CCCN1. The number of hydrogen-bond donors (Lipinski definition) is 6. The molecule has 158 valence electrons. The number of aromatic hydroxyl groups is 1. The lowest BCUT2D eigenvalue weighted by Crippen LogP contribution is -2.56. The van der Waals surface area contributed by atoms with Crippen LogP contribution in [-0.2, 0) is 25.6 Å². The standard InChI is InChI=1S/C19H26N4O6/c20-17(27)13(7-8-16(25)26)22-19(29)15(10-11-3-5-12(24)6-4-11)23-18(28)14-2-1-9-21-14/h3-6,13-15,21,24H,1-2,7-10H2,(H2,20,27)(H,22,29)(H,23,28)(H,25,26)/t13-,14-,15-/m0/s1. The van der Waals surface area contributed by atoms with Gasteiger partial charge in [0.05, 0.1) is 6.04 Å². The zero-order valence-electron chi connectivity index (χ0n) is 15.9. The molecule has 1 aliphatic heterocycles. The predicted octanol–water partition coefficient (Wildman–Crippen LogP) is -0.994. The van der Waals surface area contributed by atoms with Crippen molar-refractivity contribution in [1.29, 1.82) is 0 Å². The number of carbonyl (C=O) groups is 4. The Kier molecular flexibility index (Phi) is 7.96. The number of amides is 3. The van der Waals surface area contributed by atoms with Crippen molar-refractivity contribution < 1.29 is 29.4 Å². The van der Waals surface area contributed by atoms with E-state index < -0.39 is 35.9 Å². The van der Waals surface area contributed by atoms with Gasteiger partial charge in [-0.1, -0.05) is 12.1 Å². The molecule has 1 aliphatic rings. The Morgan fingerprint density at radius 1 is 1.14 bits per heavy atom. The zero-order chi connectivity index (χ0) is 21.4. The number of carbonyl (C=O) groups excluding carboxylic acids is 3.